The monoisotopic (exact) mass is 195 g/mol. The molecule has 1 aromatic rings. The van der Waals surface area contributed by atoms with Gasteiger partial charge in [-0.15, -0.1) is 0 Å². The number of fused-ring (bicyclic) bond motifs is 1. The van der Waals surface area contributed by atoms with Crippen molar-refractivity contribution in [2.45, 2.75) is 11.8 Å². The van der Waals surface area contributed by atoms with Gasteiger partial charge in [0.25, 0.3) is 0 Å². The normalized spacial score (nSPS) is 18.8. The Morgan fingerprint density at radius 1 is 1.23 bits per heavy atom. The molecule has 2 N–H and O–H groups in total. The number of sulfone groups is 1. The second-order valence-corrected chi connectivity index (χ2v) is 5.03. The van der Waals surface area contributed by atoms with Gasteiger partial charge in [0.15, 0.2) is 0 Å². The van der Waals surface area contributed by atoms with Gasteiger partial charge in [-0.3, -0.25) is 0 Å². The van der Waals surface area contributed by atoms with E-state index in [1.54, 1.807) is 24.3 Å². The van der Waals surface area contributed by atoms with E-state index in [1.165, 1.54) is 6.92 Å². The third kappa shape index (κ3) is 0.920. The fourth-order valence-electron chi connectivity index (χ4n) is 1.42. The predicted octanol–water partition coefficient (Wildman–Crippen LogP) is 1.12. The SMILES string of the molecule is CC1=C(N)c2ccccc2S1(=O)=O. The number of benzene rings is 1. The Bertz CT molecular complexity index is 500. The summed E-state index contributed by atoms with van der Waals surface area (Å²) in [5, 5.41) is 0. The van der Waals surface area contributed by atoms with E-state index in [0.717, 1.165) is 0 Å². The summed E-state index contributed by atoms with van der Waals surface area (Å²) in [6.07, 6.45) is 0. The van der Waals surface area contributed by atoms with Crippen LogP contribution in [0.5, 0.6) is 0 Å². The van der Waals surface area contributed by atoms with Gasteiger partial charge in [-0.1, -0.05) is 18.2 Å². The van der Waals surface area contributed by atoms with Crippen LogP contribution in [0.15, 0.2) is 34.1 Å². The van der Waals surface area contributed by atoms with Crippen molar-refractivity contribution in [3.05, 3.63) is 34.7 Å². The lowest BCUT2D eigenvalue weighted by atomic mass is 10.2. The fourth-order valence-corrected chi connectivity index (χ4v) is 2.88. The van der Waals surface area contributed by atoms with E-state index in [1.807, 2.05) is 0 Å². The van der Waals surface area contributed by atoms with Gasteiger partial charge in [-0.25, -0.2) is 8.42 Å². The topological polar surface area (TPSA) is 60.2 Å². The third-order valence-electron chi connectivity index (χ3n) is 2.25. The Balaban J connectivity index is 2.90. The van der Waals surface area contributed by atoms with Crippen molar-refractivity contribution in [2.24, 2.45) is 5.73 Å². The first-order chi connectivity index (χ1) is 6.05. The zero-order valence-electron chi connectivity index (χ0n) is 7.11. The molecule has 0 unspecified atom stereocenters. The van der Waals surface area contributed by atoms with Crippen LogP contribution < -0.4 is 5.73 Å². The minimum absolute atomic E-state index is 0.258. The zero-order valence-corrected chi connectivity index (χ0v) is 7.93. The first-order valence-electron chi connectivity index (χ1n) is 3.86. The van der Waals surface area contributed by atoms with Gasteiger partial charge in [-0.05, 0) is 13.0 Å². The summed E-state index contributed by atoms with van der Waals surface area (Å²) in [6.45, 7) is 1.53. The van der Waals surface area contributed by atoms with Crippen molar-refractivity contribution in [1.29, 1.82) is 0 Å². The van der Waals surface area contributed by atoms with E-state index >= 15 is 0 Å². The van der Waals surface area contributed by atoms with E-state index < -0.39 is 9.84 Å². The van der Waals surface area contributed by atoms with Crippen LogP contribution in [-0.4, -0.2) is 8.42 Å². The number of hydrogen-bond donors (Lipinski definition) is 1. The number of allylic oxidation sites excluding steroid dienone is 1. The van der Waals surface area contributed by atoms with Crippen LogP contribution in [0.25, 0.3) is 5.70 Å². The molecule has 1 aliphatic rings. The van der Waals surface area contributed by atoms with Crippen LogP contribution in [-0.2, 0) is 9.84 Å². The highest BCUT2D eigenvalue weighted by Gasteiger charge is 2.30. The zero-order chi connectivity index (χ0) is 9.64. The Morgan fingerprint density at radius 3 is 2.46 bits per heavy atom. The smallest absolute Gasteiger partial charge is 0.205 e. The average Bonchev–Trinajstić information content (AvgIpc) is 2.30. The van der Waals surface area contributed by atoms with Crippen LogP contribution in [0.2, 0.25) is 0 Å². The summed E-state index contributed by atoms with van der Waals surface area (Å²) in [4.78, 5) is 0.582. The summed E-state index contributed by atoms with van der Waals surface area (Å²) in [7, 11) is -3.28. The van der Waals surface area contributed by atoms with E-state index in [0.29, 0.717) is 16.2 Å². The molecular weight excluding hydrogens is 186 g/mol. The summed E-state index contributed by atoms with van der Waals surface area (Å²) in [6, 6.07) is 6.77. The maximum atomic E-state index is 11.7. The molecular formula is C9H9NO2S. The van der Waals surface area contributed by atoms with Crippen LogP contribution in [0, 0.1) is 0 Å². The quantitative estimate of drug-likeness (QED) is 0.674. The van der Waals surface area contributed by atoms with Crippen LogP contribution in [0.1, 0.15) is 12.5 Å². The number of nitrogens with two attached hydrogens (primary N) is 1. The first-order valence-corrected chi connectivity index (χ1v) is 5.34. The van der Waals surface area contributed by atoms with Gasteiger partial charge in [0.05, 0.1) is 15.5 Å². The van der Waals surface area contributed by atoms with Gasteiger partial charge in [0.2, 0.25) is 9.84 Å². The van der Waals surface area contributed by atoms with Gasteiger partial charge in [0.1, 0.15) is 0 Å². The number of hydrogen-bond acceptors (Lipinski definition) is 3. The molecule has 0 amide bonds. The van der Waals surface area contributed by atoms with Crippen molar-refractivity contribution in [1.82, 2.24) is 0 Å². The highest BCUT2D eigenvalue weighted by Crippen LogP contribution is 2.35. The maximum Gasteiger partial charge on any atom is 0.205 e. The first kappa shape index (κ1) is 8.31. The average molecular weight is 195 g/mol. The highest BCUT2D eigenvalue weighted by molar-refractivity contribution is 7.95. The Hall–Kier alpha value is -1.29. The second kappa shape index (κ2) is 2.35. The van der Waals surface area contributed by atoms with Gasteiger partial charge >= 0.3 is 0 Å². The lowest BCUT2D eigenvalue weighted by Crippen LogP contribution is -1.98. The standard InChI is InChI=1S/C9H9NO2S/c1-6-9(10)7-4-2-3-5-8(7)13(6,11)12/h2-5H,10H2,1H3. The van der Waals surface area contributed by atoms with Crippen LogP contribution in [0.4, 0.5) is 0 Å². The number of rotatable bonds is 0. The van der Waals surface area contributed by atoms with Crippen molar-refractivity contribution in [3.63, 3.8) is 0 Å². The Morgan fingerprint density at radius 2 is 1.85 bits per heavy atom. The molecule has 0 saturated heterocycles. The highest BCUT2D eigenvalue weighted by atomic mass is 32.2. The minimum atomic E-state index is -3.28. The van der Waals surface area contributed by atoms with E-state index in [-0.39, 0.29) is 4.91 Å². The summed E-state index contributed by atoms with van der Waals surface area (Å²) < 4.78 is 23.3. The molecule has 1 aliphatic heterocycles. The summed E-state index contributed by atoms with van der Waals surface area (Å²) >= 11 is 0. The van der Waals surface area contributed by atoms with Crippen molar-refractivity contribution in [2.75, 3.05) is 0 Å². The molecule has 3 nitrogen and oxygen atoms in total. The molecule has 0 bridgehead atoms. The second-order valence-electron chi connectivity index (χ2n) is 2.97. The maximum absolute atomic E-state index is 11.7. The lowest BCUT2D eigenvalue weighted by Gasteiger charge is -1.97. The van der Waals surface area contributed by atoms with Crippen molar-refractivity contribution < 1.29 is 8.42 Å². The van der Waals surface area contributed by atoms with Gasteiger partial charge in [-0.2, -0.15) is 0 Å². The third-order valence-corrected chi connectivity index (χ3v) is 4.21. The molecule has 0 atom stereocenters. The Kier molecular flexibility index (Phi) is 1.51. The molecule has 0 aliphatic carbocycles. The summed E-state index contributed by atoms with van der Waals surface area (Å²) in [5.41, 5.74) is 6.66. The molecule has 0 spiro atoms. The van der Waals surface area contributed by atoms with E-state index in [9.17, 15) is 8.42 Å². The molecule has 0 fully saturated rings. The van der Waals surface area contributed by atoms with Crippen molar-refractivity contribution in [3.8, 4) is 0 Å². The Labute approximate surface area is 76.8 Å². The van der Waals surface area contributed by atoms with E-state index in [2.05, 4.69) is 0 Å². The largest absolute Gasteiger partial charge is 0.397 e. The van der Waals surface area contributed by atoms with Gasteiger partial charge < -0.3 is 5.73 Å². The molecule has 0 radical (unpaired) electrons. The summed E-state index contributed by atoms with van der Waals surface area (Å²) in [5.74, 6) is 0. The molecule has 68 valence electrons. The lowest BCUT2D eigenvalue weighted by molar-refractivity contribution is 0.603. The predicted molar refractivity (Wildman–Crippen MR) is 50.4 cm³/mol. The van der Waals surface area contributed by atoms with Gasteiger partial charge in [0, 0.05) is 5.56 Å². The van der Waals surface area contributed by atoms with Crippen molar-refractivity contribution >= 4 is 15.5 Å². The molecule has 0 saturated carbocycles. The molecule has 1 heterocycles. The molecule has 13 heavy (non-hydrogen) atoms. The molecule has 2 rings (SSSR count). The van der Waals surface area contributed by atoms with Crippen LogP contribution in [0.3, 0.4) is 0 Å². The van der Waals surface area contributed by atoms with E-state index in [4.69, 9.17) is 5.73 Å². The fraction of sp³-hybridized carbons (Fsp3) is 0.111. The molecule has 4 heteroatoms. The minimum Gasteiger partial charge on any atom is -0.397 e. The molecule has 1 aromatic carbocycles. The molecule has 0 aromatic heterocycles. The van der Waals surface area contributed by atoms with Crippen LogP contribution >= 0.6 is 0 Å².